The predicted molar refractivity (Wildman–Crippen MR) is 120 cm³/mol. The normalized spacial score (nSPS) is 19.9. The molecule has 2 fully saturated rings. The van der Waals surface area contributed by atoms with E-state index >= 15 is 0 Å². The van der Waals surface area contributed by atoms with Gasteiger partial charge in [-0.25, -0.2) is 0 Å². The molecule has 2 aliphatic rings. The van der Waals surface area contributed by atoms with Crippen LogP contribution in [0.1, 0.15) is 39.9 Å². The molecule has 3 heterocycles. The minimum Gasteiger partial charge on any atom is -0.384 e. The highest BCUT2D eigenvalue weighted by Gasteiger charge is 2.49. The Balaban J connectivity index is 1.54. The number of ether oxygens (including phenoxy) is 1. The number of alkyl halides is 3. The summed E-state index contributed by atoms with van der Waals surface area (Å²) in [5.74, 6) is 0.0837. The van der Waals surface area contributed by atoms with Gasteiger partial charge in [-0.1, -0.05) is 0 Å². The number of nitriles is 1. The number of piperidine rings is 1. The maximum atomic E-state index is 13.5. The van der Waals surface area contributed by atoms with Crippen LogP contribution < -0.4 is 4.90 Å². The molecule has 4 rings (SSSR count). The molecule has 0 aliphatic carbocycles. The van der Waals surface area contributed by atoms with Gasteiger partial charge >= 0.3 is 6.18 Å². The van der Waals surface area contributed by atoms with Crippen molar-refractivity contribution in [3.8, 4) is 6.07 Å². The molecule has 180 valence electrons. The number of hydrogen-bond donors (Lipinski definition) is 0. The molecule has 1 aromatic carbocycles. The van der Waals surface area contributed by atoms with Crippen LogP contribution in [0.15, 0.2) is 36.7 Å². The summed E-state index contributed by atoms with van der Waals surface area (Å²) in [6.07, 6.45) is 0.139. The zero-order valence-electron chi connectivity index (χ0n) is 19.2. The van der Waals surface area contributed by atoms with Crippen molar-refractivity contribution in [1.82, 2.24) is 9.88 Å². The number of likely N-dealkylation sites (tertiary alicyclic amines) is 1. The molecule has 1 atom stereocenters. The van der Waals surface area contributed by atoms with Crippen LogP contribution in [-0.4, -0.2) is 55.7 Å². The minimum absolute atomic E-state index is 0.0412. The fourth-order valence-corrected chi connectivity index (χ4v) is 5.30. The number of amides is 1. The number of methoxy groups -OCH3 is 1. The molecule has 1 amide bonds. The highest BCUT2D eigenvalue weighted by atomic mass is 19.4. The first-order valence-electron chi connectivity index (χ1n) is 11.2. The van der Waals surface area contributed by atoms with E-state index < -0.39 is 11.7 Å². The van der Waals surface area contributed by atoms with Gasteiger partial charge in [0.05, 0.1) is 29.4 Å². The topological polar surface area (TPSA) is 69.5 Å². The molecule has 0 bridgehead atoms. The van der Waals surface area contributed by atoms with E-state index in [1.54, 1.807) is 31.6 Å². The third kappa shape index (κ3) is 4.47. The van der Waals surface area contributed by atoms with E-state index in [2.05, 4.69) is 4.98 Å². The molecule has 1 aromatic heterocycles. The van der Waals surface area contributed by atoms with Crippen molar-refractivity contribution in [1.29, 1.82) is 5.26 Å². The number of rotatable bonds is 4. The predicted octanol–water partition coefficient (Wildman–Crippen LogP) is 4.29. The lowest BCUT2D eigenvalue weighted by Gasteiger charge is -2.42. The zero-order valence-corrected chi connectivity index (χ0v) is 19.2. The number of nitrogens with zero attached hydrogens (tertiary/aromatic N) is 4. The molecule has 1 unspecified atom stereocenters. The molecule has 0 saturated carbocycles. The molecule has 9 heteroatoms. The van der Waals surface area contributed by atoms with E-state index in [1.165, 1.54) is 6.07 Å². The van der Waals surface area contributed by atoms with Gasteiger partial charge in [-0.15, -0.1) is 0 Å². The Morgan fingerprint density at radius 2 is 2.03 bits per heavy atom. The summed E-state index contributed by atoms with van der Waals surface area (Å²) in [5, 5.41) is 9.10. The Labute approximate surface area is 196 Å². The van der Waals surface area contributed by atoms with Crippen LogP contribution in [0.25, 0.3) is 0 Å². The number of halogens is 3. The summed E-state index contributed by atoms with van der Waals surface area (Å²) in [7, 11) is 1.63. The number of pyridine rings is 1. The monoisotopic (exact) mass is 472 g/mol. The second kappa shape index (κ2) is 9.26. The lowest BCUT2D eigenvalue weighted by atomic mass is 9.71. The van der Waals surface area contributed by atoms with Gasteiger partial charge in [0.2, 0.25) is 0 Å². The molecular formula is C25H27F3N4O2. The Kier molecular flexibility index (Phi) is 6.54. The molecule has 0 N–H and O–H groups in total. The van der Waals surface area contributed by atoms with Crippen molar-refractivity contribution >= 4 is 11.6 Å². The highest BCUT2D eigenvalue weighted by Crippen LogP contribution is 2.47. The van der Waals surface area contributed by atoms with Crippen LogP contribution in [0.5, 0.6) is 0 Å². The van der Waals surface area contributed by atoms with Crippen LogP contribution in [0.4, 0.5) is 18.9 Å². The van der Waals surface area contributed by atoms with Crippen LogP contribution in [0.3, 0.4) is 0 Å². The molecule has 0 radical (unpaired) electrons. The quantitative estimate of drug-likeness (QED) is 0.664. The first kappa shape index (κ1) is 24.0. The Bertz CT molecular complexity index is 1100. The Morgan fingerprint density at radius 1 is 1.29 bits per heavy atom. The zero-order chi connectivity index (χ0) is 24.5. The second-order valence-electron chi connectivity index (χ2n) is 9.22. The summed E-state index contributed by atoms with van der Waals surface area (Å²) in [6.45, 7) is 4.67. The van der Waals surface area contributed by atoms with Gasteiger partial charge in [0, 0.05) is 57.3 Å². The molecular weight excluding hydrogens is 445 g/mol. The van der Waals surface area contributed by atoms with Crippen molar-refractivity contribution in [2.45, 2.75) is 25.9 Å². The third-order valence-corrected chi connectivity index (χ3v) is 7.29. The fourth-order valence-electron chi connectivity index (χ4n) is 5.30. The summed E-state index contributed by atoms with van der Waals surface area (Å²) >= 11 is 0. The molecule has 2 saturated heterocycles. The van der Waals surface area contributed by atoms with E-state index in [1.807, 2.05) is 22.8 Å². The average molecular weight is 473 g/mol. The van der Waals surface area contributed by atoms with Gasteiger partial charge in [-0.05, 0) is 55.0 Å². The van der Waals surface area contributed by atoms with Gasteiger partial charge in [-0.3, -0.25) is 9.78 Å². The van der Waals surface area contributed by atoms with E-state index in [0.29, 0.717) is 44.0 Å². The minimum atomic E-state index is -4.60. The lowest BCUT2D eigenvalue weighted by molar-refractivity contribution is -0.137. The van der Waals surface area contributed by atoms with E-state index in [4.69, 9.17) is 10.00 Å². The number of hydrogen-bond acceptors (Lipinski definition) is 5. The third-order valence-electron chi connectivity index (χ3n) is 7.29. The van der Waals surface area contributed by atoms with Crippen LogP contribution >= 0.6 is 0 Å². The number of benzene rings is 1. The SMILES string of the molecule is COCC1CN(c2ccc(C#N)c(C(F)(F)F)c2)CC12CCN(C(=O)c1cnccc1C)CC2. The van der Waals surface area contributed by atoms with Crippen LogP contribution in [0, 0.1) is 29.6 Å². The Morgan fingerprint density at radius 3 is 2.65 bits per heavy atom. The first-order chi connectivity index (χ1) is 16.2. The van der Waals surface area contributed by atoms with Crippen molar-refractivity contribution in [3.05, 3.63) is 58.9 Å². The number of anilines is 1. The van der Waals surface area contributed by atoms with Crippen molar-refractivity contribution in [2.24, 2.45) is 11.3 Å². The van der Waals surface area contributed by atoms with E-state index in [0.717, 1.165) is 24.5 Å². The summed E-state index contributed by atoms with van der Waals surface area (Å²) in [6, 6.07) is 7.35. The molecule has 1 spiro atoms. The number of carbonyl (C=O) groups is 1. The average Bonchev–Trinajstić information content (AvgIpc) is 3.16. The molecule has 34 heavy (non-hydrogen) atoms. The van der Waals surface area contributed by atoms with Crippen LogP contribution in [-0.2, 0) is 10.9 Å². The highest BCUT2D eigenvalue weighted by molar-refractivity contribution is 5.95. The van der Waals surface area contributed by atoms with E-state index in [-0.39, 0.29) is 22.8 Å². The first-order valence-corrected chi connectivity index (χ1v) is 11.2. The summed E-state index contributed by atoms with van der Waals surface area (Å²) in [4.78, 5) is 20.9. The van der Waals surface area contributed by atoms with Gasteiger partial charge in [0.15, 0.2) is 0 Å². The van der Waals surface area contributed by atoms with Gasteiger partial charge < -0.3 is 14.5 Å². The van der Waals surface area contributed by atoms with Crippen LogP contribution in [0.2, 0.25) is 0 Å². The summed E-state index contributed by atoms with van der Waals surface area (Å²) < 4.78 is 46.0. The van der Waals surface area contributed by atoms with Crippen molar-refractivity contribution in [3.63, 3.8) is 0 Å². The lowest BCUT2D eigenvalue weighted by Crippen LogP contribution is -2.47. The standard InChI is InChI=1S/C25H27F3N4O2/c1-17-5-8-30-13-21(17)23(33)31-9-6-24(7-10-31)16-32(14-19(24)15-34-2)20-4-3-18(12-29)22(11-20)25(26,27)28/h3-5,8,11,13,19H,6-7,9-10,14-16H2,1-2H3. The number of aryl methyl sites for hydroxylation is 1. The number of aromatic nitrogens is 1. The Hall–Kier alpha value is -3.12. The summed E-state index contributed by atoms with van der Waals surface area (Å²) in [5.41, 5.74) is 0.472. The van der Waals surface area contributed by atoms with E-state index in [9.17, 15) is 18.0 Å². The molecule has 6 nitrogen and oxygen atoms in total. The molecule has 2 aromatic rings. The fraction of sp³-hybridized carbons (Fsp3) is 0.480. The smallest absolute Gasteiger partial charge is 0.384 e. The molecule has 2 aliphatic heterocycles. The second-order valence-corrected chi connectivity index (χ2v) is 9.22. The van der Waals surface area contributed by atoms with Crippen molar-refractivity contribution in [2.75, 3.05) is 44.8 Å². The van der Waals surface area contributed by atoms with Gasteiger partial charge in [0.25, 0.3) is 5.91 Å². The number of carbonyl (C=O) groups excluding carboxylic acids is 1. The largest absolute Gasteiger partial charge is 0.417 e. The van der Waals surface area contributed by atoms with Gasteiger partial charge in [0.1, 0.15) is 0 Å². The maximum absolute atomic E-state index is 13.5. The van der Waals surface area contributed by atoms with Crippen molar-refractivity contribution < 1.29 is 22.7 Å². The van der Waals surface area contributed by atoms with Gasteiger partial charge in [-0.2, -0.15) is 18.4 Å². The maximum Gasteiger partial charge on any atom is 0.417 e.